The third-order valence-corrected chi connectivity index (χ3v) is 12.9. The van der Waals surface area contributed by atoms with Crippen molar-refractivity contribution < 1.29 is 52.2 Å². The van der Waals surface area contributed by atoms with Gasteiger partial charge in [0.05, 0.1) is 19.8 Å². The minimum absolute atomic E-state index is 0.130. The maximum atomic E-state index is 12.9. The van der Waals surface area contributed by atoms with Crippen molar-refractivity contribution in [2.45, 2.75) is 264 Å². The van der Waals surface area contributed by atoms with Crippen LogP contribution in [0.4, 0.5) is 0 Å². The Bertz CT molecular complexity index is 1410. The molecule has 3 unspecified atom stereocenters. The van der Waals surface area contributed by atoms with Crippen LogP contribution in [0.5, 0.6) is 0 Å². The molecular weight excluding hydrogens is 904 g/mol. The van der Waals surface area contributed by atoms with E-state index in [1.165, 1.54) is 103 Å². The lowest BCUT2D eigenvalue weighted by Crippen LogP contribution is -2.30. The number of hydrogen-bond acceptors (Lipinski definition) is 10. The predicted octanol–water partition coefficient (Wildman–Crippen LogP) is 16.4. The fourth-order valence-corrected chi connectivity index (χ4v) is 8.46. The highest BCUT2D eigenvalue weighted by Gasteiger charge is 2.28. The van der Waals surface area contributed by atoms with Crippen LogP contribution in [-0.4, -0.2) is 66.5 Å². The zero-order chi connectivity index (χ0) is 51.3. The fraction of sp³-hybridized carbons (Fsp3) is 0.776. The number of aliphatic hydroxyl groups is 1. The summed E-state index contributed by atoms with van der Waals surface area (Å²) < 4.78 is 39.4. The maximum Gasteiger partial charge on any atom is 0.472 e. The number of carbonyl (C=O) groups is 3. The molecule has 0 aliphatic rings. The number of phosphoric ester groups is 1. The Morgan fingerprint density at radius 3 is 1.14 bits per heavy atom. The van der Waals surface area contributed by atoms with Gasteiger partial charge in [0.2, 0.25) is 0 Å². The molecule has 0 aliphatic heterocycles. The first kappa shape index (κ1) is 67.2. The minimum Gasteiger partial charge on any atom is -0.462 e. The molecular formula is C58H103O11P. The van der Waals surface area contributed by atoms with Crippen LogP contribution in [0.25, 0.3) is 0 Å². The predicted molar refractivity (Wildman–Crippen MR) is 288 cm³/mol. The monoisotopic (exact) mass is 1010 g/mol. The van der Waals surface area contributed by atoms with Gasteiger partial charge in [-0.05, 0) is 64.2 Å². The van der Waals surface area contributed by atoms with Crippen molar-refractivity contribution in [2.75, 3.05) is 26.4 Å². The Morgan fingerprint density at radius 2 is 0.743 bits per heavy atom. The van der Waals surface area contributed by atoms with Crippen molar-refractivity contribution in [2.24, 2.45) is 0 Å². The van der Waals surface area contributed by atoms with Gasteiger partial charge in [0.15, 0.2) is 6.10 Å². The highest BCUT2D eigenvalue weighted by Crippen LogP contribution is 2.43. The number of ether oxygens (including phenoxy) is 3. The quantitative estimate of drug-likeness (QED) is 0.0197. The second-order valence-corrected chi connectivity index (χ2v) is 20.2. The van der Waals surface area contributed by atoms with E-state index in [-0.39, 0.29) is 25.9 Å². The molecule has 0 aromatic carbocycles. The highest BCUT2D eigenvalue weighted by molar-refractivity contribution is 7.47. The minimum atomic E-state index is -4.75. The Balaban J connectivity index is 4.78. The smallest absolute Gasteiger partial charge is 0.462 e. The molecule has 0 heterocycles. The van der Waals surface area contributed by atoms with Crippen molar-refractivity contribution in [3.8, 4) is 0 Å². The van der Waals surface area contributed by atoms with Gasteiger partial charge < -0.3 is 24.2 Å². The van der Waals surface area contributed by atoms with Crippen molar-refractivity contribution in [1.82, 2.24) is 0 Å². The summed E-state index contributed by atoms with van der Waals surface area (Å²) in [5, 5.41) is 9.78. The van der Waals surface area contributed by atoms with Crippen LogP contribution in [-0.2, 0) is 42.2 Å². The molecule has 0 spiro atoms. The van der Waals surface area contributed by atoms with Gasteiger partial charge in [-0.1, -0.05) is 229 Å². The zero-order valence-electron chi connectivity index (χ0n) is 44.7. The molecule has 0 fully saturated rings. The van der Waals surface area contributed by atoms with Crippen LogP contribution in [0.3, 0.4) is 0 Å². The number of phosphoric acid groups is 1. The van der Waals surface area contributed by atoms with Crippen LogP contribution in [0.1, 0.15) is 252 Å². The summed E-state index contributed by atoms with van der Waals surface area (Å²) in [6.07, 6.45) is 56.1. The van der Waals surface area contributed by atoms with Crippen LogP contribution >= 0.6 is 7.82 Å². The Hall–Kier alpha value is -2.82. The lowest BCUT2D eigenvalue weighted by molar-refractivity contribution is -0.161. The summed E-state index contributed by atoms with van der Waals surface area (Å²) in [7, 11) is -4.75. The van der Waals surface area contributed by atoms with Gasteiger partial charge in [-0.2, -0.15) is 0 Å². The Morgan fingerprint density at radius 1 is 0.414 bits per heavy atom. The van der Waals surface area contributed by atoms with E-state index in [0.717, 1.165) is 89.9 Å². The molecule has 0 amide bonds. The van der Waals surface area contributed by atoms with E-state index in [1.54, 1.807) is 0 Å². The SMILES string of the molecule is CC/C=C\C/C=C\C/C=C\C/C=C\C/C=C\CCCCCC(=O)OC(COC(=O)CCCCCCCCCCCCCCC)COP(=O)(O)OCC(CO)OC(=O)CCCCCCCCCCCCC. The van der Waals surface area contributed by atoms with Crippen molar-refractivity contribution in [3.63, 3.8) is 0 Å². The van der Waals surface area contributed by atoms with Crippen LogP contribution in [0.15, 0.2) is 60.8 Å². The summed E-state index contributed by atoms with van der Waals surface area (Å²) in [5.41, 5.74) is 0. The first-order chi connectivity index (χ1) is 34.2. The number of esters is 3. The largest absolute Gasteiger partial charge is 0.472 e. The van der Waals surface area contributed by atoms with E-state index in [1.807, 2.05) is 0 Å². The van der Waals surface area contributed by atoms with Gasteiger partial charge in [-0.3, -0.25) is 23.4 Å². The van der Waals surface area contributed by atoms with Crippen molar-refractivity contribution in [1.29, 1.82) is 0 Å². The van der Waals surface area contributed by atoms with E-state index >= 15 is 0 Å². The van der Waals surface area contributed by atoms with E-state index in [2.05, 4.69) is 81.5 Å². The van der Waals surface area contributed by atoms with Gasteiger partial charge in [-0.25, -0.2) is 4.57 Å². The van der Waals surface area contributed by atoms with Gasteiger partial charge in [-0.15, -0.1) is 0 Å². The normalized spacial score (nSPS) is 13.8. The van der Waals surface area contributed by atoms with Crippen molar-refractivity contribution >= 4 is 25.7 Å². The summed E-state index contributed by atoms with van der Waals surface area (Å²) >= 11 is 0. The lowest BCUT2D eigenvalue weighted by atomic mass is 10.0. The molecule has 3 atom stereocenters. The second-order valence-electron chi connectivity index (χ2n) is 18.7. The van der Waals surface area contributed by atoms with Crippen LogP contribution < -0.4 is 0 Å². The average molecular weight is 1010 g/mol. The number of unbranched alkanes of at least 4 members (excludes halogenated alkanes) is 25. The standard InChI is InChI=1S/C58H103O11P/c1-4-7-10-13-16-19-22-24-25-26-27-28-29-31-34-37-40-43-46-49-58(62)69-55(51-65-56(60)47-44-41-38-35-33-30-23-20-17-14-11-8-5-2)53-67-70(63,64)66-52-54(50-59)68-57(61)48-45-42-39-36-32-21-18-15-12-9-6-3/h7,10,16,19,24-25,27-28,31,34,54-55,59H,4-6,8-9,11-15,17-18,20-23,26,29-30,32-33,35-53H2,1-3H3,(H,63,64)/b10-7-,19-16-,25-24-,28-27-,34-31-. The van der Waals surface area contributed by atoms with E-state index in [9.17, 15) is 28.9 Å². The van der Waals surface area contributed by atoms with Gasteiger partial charge >= 0.3 is 25.7 Å². The molecule has 70 heavy (non-hydrogen) atoms. The summed E-state index contributed by atoms with van der Waals surface area (Å²) in [5.74, 6) is -1.49. The summed E-state index contributed by atoms with van der Waals surface area (Å²) in [6, 6.07) is 0. The molecule has 0 rings (SSSR count). The van der Waals surface area contributed by atoms with E-state index in [0.29, 0.717) is 19.3 Å². The lowest BCUT2D eigenvalue weighted by Gasteiger charge is -2.21. The molecule has 0 aliphatic carbocycles. The highest BCUT2D eigenvalue weighted by atomic mass is 31.2. The van der Waals surface area contributed by atoms with Crippen LogP contribution in [0, 0.1) is 0 Å². The molecule has 0 bridgehead atoms. The maximum absolute atomic E-state index is 12.9. The first-order valence-corrected chi connectivity index (χ1v) is 29.7. The van der Waals surface area contributed by atoms with Gasteiger partial charge in [0, 0.05) is 19.3 Å². The Labute approximate surface area is 427 Å². The number of aliphatic hydroxyl groups excluding tert-OH is 1. The molecule has 0 aromatic heterocycles. The number of allylic oxidation sites excluding steroid dienone is 10. The van der Waals surface area contributed by atoms with Gasteiger partial charge in [0.1, 0.15) is 12.7 Å². The molecule has 0 saturated heterocycles. The number of carbonyl (C=O) groups excluding carboxylic acids is 3. The third-order valence-electron chi connectivity index (χ3n) is 12.0. The molecule has 11 nitrogen and oxygen atoms in total. The number of rotatable bonds is 52. The second kappa shape index (κ2) is 52.5. The van der Waals surface area contributed by atoms with E-state index < -0.39 is 57.8 Å². The number of hydrogen-bond donors (Lipinski definition) is 2. The fourth-order valence-electron chi connectivity index (χ4n) is 7.68. The molecule has 12 heteroatoms. The average Bonchev–Trinajstić information content (AvgIpc) is 3.35. The molecule has 0 radical (unpaired) electrons. The Kier molecular flexibility index (Phi) is 50.4. The van der Waals surface area contributed by atoms with Crippen LogP contribution in [0.2, 0.25) is 0 Å². The summed E-state index contributed by atoms with van der Waals surface area (Å²) in [6.45, 7) is 4.50. The molecule has 0 saturated carbocycles. The summed E-state index contributed by atoms with van der Waals surface area (Å²) in [4.78, 5) is 48.4. The molecule has 406 valence electrons. The first-order valence-electron chi connectivity index (χ1n) is 28.2. The topological polar surface area (TPSA) is 155 Å². The van der Waals surface area contributed by atoms with E-state index in [4.69, 9.17) is 23.3 Å². The van der Waals surface area contributed by atoms with Crippen molar-refractivity contribution in [3.05, 3.63) is 60.8 Å². The molecule has 2 N–H and O–H groups in total. The van der Waals surface area contributed by atoms with Gasteiger partial charge in [0.25, 0.3) is 0 Å². The zero-order valence-corrected chi connectivity index (χ0v) is 45.6. The third kappa shape index (κ3) is 50.1. The molecule has 0 aromatic rings.